The molecule has 0 saturated heterocycles. The topological polar surface area (TPSA) is 81.4 Å². The summed E-state index contributed by atoms with van der Waals surface area (Å²) in [7, 11) is 0. The maximum atomic E-state index is 11.5. The molecule has 0 aliphatic carbocycles. The zero-order chi connectivity index (χ0) is 16.1. The van der Waals surface area contributed by atoms with Crippen LogP contribution in [0.2, 0.25) is 0 Å². The van der Waals surface area contributed by atoms with Gasteiger partial charge in [-0.3, -0.25) is 9.59 Å². The number of unbranched alkanes of at least 4 members (excludes halogenated alkanes) is 4. The van der Waals surface area contributed by atoms with E-state index >= 15 is 0 Å². The lowest BCUT2D eigenvalue weighted by molar-refractivity contribution is -0.154. The maximum Gasteiger partial charge on any atom is 0.306 e. The summed E-state index contributed by atoms with van der Waals surface area (Å²) < 4.78 is 5.23. The third kappa shape index (κ3) is 15.1. The molecule has 0 saturated carbocycles. The largest absolute Gasteiger partial charge is 0.460 e. The molecule has 0 radical (unpaired) electrons. The molecule has 0 aliphatic rings. The van der Waals surface area contributed by atoms with Gasteiger partial charge < -0.3 is 15.8 Å². The van der Waals surface area contributed by atoms with E-state index in [0.29, 0.717) is 25.9 Å². The van der Waals surface area contributed by atoms with Crippen LogP contribution >= 0.6 is 0 Å². The van der Waals surface area contributed by atoms with Crippen molar-refractivity contribution in [1.29, 1.82) is 0 Å². The van der Waals surface area contributed by atoms with Gasteiger partial charge in [0.1, 0.15) is 5.60 Å². The first-order valence-corrected chi connectivity index (χ1v) is 8.04. The lowest BCUT2D eigenvalue weighted by Crippen LogP contribution is -2.24. The zero-order valence-corrected chi connectivity index (χ0v) is 13.9. The highest BCUT2D eigenvalue weighted by molar-refractivity contribution is 5.75. The summed E-state index contributed by atoms with van der Waals surface area (Å²) in [6.07, 6.45) is 6.56. The van der Waals surface area contributed by atoms with Gasteiger partial charge in [-0.15, -0.1) is 0 Å². The maximum absolute atomic E-state index is 11.5. The van der Waals surface area contributed by atoms with E-state index in [1.165, 1.54) is 0 Å². The minimum atomic E-state index is -0.408. The summed E-state index contributed by atoms with van der Waals surface area (Å²) in [5.41, 5.74) is 4.99. The van der Waals surface area contributed by atoms with Crippen molar-refractivity contribution in [3.05, 3.63) is 0 Å². The van der Waals surface area contributed by atoms with Gasteiger partial charge in [0.05, 0.1) is 0 Å². The first-order valence-electron chi connectivity index (χ1n) is 8.04. The number of carbonyl (C=O) groups excluding carboxylic acids is 2. The number of esters is 1. The Bertz CT molecular complexity index is 298. The van der Waals surface area contributed by atoms with E-state index in [1.54, 1.807) is 0 Å². The molecule has 0 aromatic rings. The van der Waals surface area contributed by atoms with Gasteiger partial charge in [0.15, 0.2) is 0 Å². The van der Waals surface area contributed by atoms with Crippen LogP contribution < -0.4 is 11.1 Å². The fraction of sp³-hybridized carbons (Fsp3) is 0.875. The van der Waals surface area contributed by atoms with E-state index in [0.717, 1.165) is 38.5 Å². The highest BCUT2D eigenvalue weighted by Crippen LogP contribution is 2.10. The number of nitrogens with two attached hydrogens (primary N) is 1. The molecule has 5 heteroatoms. The predicted octanol–water partition coefficient (Wildman–Crippen LogP) is 2.52. The molecule has 0 spiro atoms. The van der Waals surface area contributed by atoms with Gasteiger partial charge >= 0.3 is 5.97 Å². The molecular formula is C16H32N2O3. The second-order valence-electron chi connectivity index (χ2n) is 6.35. The number of ether oxygens (including phenoxy) is 1. The summed E-state index contributed by atoms with van der Waals surface area (Å²) in [4.78, 5) is 23.0. The number of rotatable bonds is 11. The van der Waals surface area contributed by atoms with Crippen molar-refractivity contribution >= 4 is 11.9 Å². The molecule has 0 heterocycles. The van der Waals surface area contributed by atoms with Crippen LogP contribution in [0.3, 0.4) is 0 Å². The lowest BCUT2D eigenvalue weighted by Gasteiger charge is -2.19. The van der Waals surface area contributed by atoms with Gasteiger partial charge in [-0.1, -0.05) is 12.8 Å². The molecule has 0 aromatic carbocycles. The summed E-state index contributed by atoms with van der Waals surface area (Å²) >= 11 is 0. The molecule has 0 aromatic heterocycles. The van der Waals surface area contributed by atoms with Gasteiger partial charge in [-0.05, 0) is 53.0 Å². The molecule has 0 bridgehead atoms. The smallest absolute Gasteiger partial charge is 0.306 e. The van der Waals surface area contributed by atoms with Crippen LogP contribution in [0.5, 0.6) is 0 Å². The molecule has 0 rings (SSSR count). The number of amides is 1. The first-order chi connectivity index (χ1) is 9.85. The van der Waals surface area contributed by atoms with E-state index in [4.69, 9.17) is 10.5 Å². The van der Waals surface area contributed by atoms with Gasteiger partial charge in [-0.25, -0.2) is 0 Å². The van der Waals surface area contributed by atoms with E-state index < -0.39 is 5.60 Å². The van der Waals surface area contributed by atoms with E-state index in [2.05, 4.69) is 5.32 Å². The molecular weight excluding hydrogens is 268 g/mol. The molecule has 3 N–H and O–H groups in total. The quantitative estimate of drug-likeness (QED) is 0.454. The average Bonchev–Trinajstić information content (AvgIpc) is 2.36. The summed E-state index contributed by atoms with van der Waals surface area (Å²) in [5.74, 6) is -0.0365. The molecule has 5 nitrogen and oxygen atoms in total. The zero-order valence-electron chi connectivity index (χ0n) is 13.9. The first kappa shape index (κ1) is 19.9. The van der Waals surface area contributed by atoms with Gasteiger partial charge in [0.25, 0.3) is 0 Å². The van der Waals surface area contributed by atoms with Crippen molar-refractivity contribution in [2.45, 2.75) is 77.7 Å². The van der Waals surface area contributed by atoms with Crippen molar-refractivity contribution < 1.29 is 14.3 Å². The highest BCUT2D eigenvalue weighted by Gasteiger charge is 2.15. The van der Waals surface area contributed by atoms with Crippen LogP contribution in [0, 0.1) is 0 Å². The lowest BCUT2D eigenvalue weighted by atomic mass is 10.1. The van der Waals surface area contributed by atoms with Crippen molar-refractivity contribution in [2.24, 2.45) is 5.73 Å². The Morgan fingerprint density at radius 3 is 2.19 bits per heavy atom. The molecule has 0 aliphatic heterocycles. The SMILES string of the molecule is CC(C)(C)OC(=O)CCCCCNC(=O)CCCCCN. The third-order valence-electron chi connectivity index (χ3n) is 2.91. The van der Waals surface area contributed by atoms with E-state index in [9.17, 15) is 9.59 Å². The van der Waals surface area contributed by atoms with Gasteiger partial charge in [0, 0.05) is 19.4 Å². The summed E-state index contributed by atoms with van der Waals surface area (Å²) in [6.45, 7) is 6.99. The fourth-order valence-electron chi connectivity index (χ4n) is 1.89. The third-order valence-corrected chi connectivity index (χ3v) is 2.91. The highest BCUT2D eigenvalue weighted by atomic mass is 16.6. The Balaban J connectivity index is 3.39. The monoisotopic (exact) mass is 300 g/mol. The van der Waals surface area contributed by atoms with Crippen LogP contribution in [0.25, 0.3) is 0 Å². The van der Waals surface area contributed by atoms with Crippen molar-refractivity contribution in [1.82, 2.24) is 5.32 Å². The number of carbonyl (C=O) groups is 2. The van der Waals surface area contributed by atoms with Crippen molar-refractivity contribution in [3.8, 4) is 0 Å². The Labute approximate surface area is 129 Å². The second-order valence-corrected chi connectivity index (χ2v) is 6.35. The normalized spacial score (nSPS) is 11.2. The van der Waals surface area contributed by atoms with Gasteiger partial charge in [0.2, 0.25) is 5.91 Å². The standard InChI is InChI=1S/C16H32N2O3/c1-16(2,3)21-15(20)11-7-5-9-13-18-14(19)10-6-4-8-12-17/h4-13,17H2,1-3H3,(H,18,19). The van der Waals surface area contributed by atoms with Crippen molar-refractivity contribution in [2.75, 3.05) is 13.1 Å². The van der Waals surface area contributed by atoms with Crippen LogP contribution in [-0.4, -0.2) is 30.6 Å². The number of hydrogen-bond donors (Lipinski definition) is 2. The molecule has 1 amide bonds. The Morgan fingerprint density at radius 1 is 0.952 bits per heavy atom. The van der Waals surface area contributed by atoms with Crippen LogP contribution in [-0.2, 0) is 14.3 Å². The Morgan fingerprint density at radius 2 is 1.57 bits per heavy atom. The number of nitrogens with one attached hydrogen (secondary N) is 1. The van der Waals surface area contributed by atoms with Crippen molar-refractivity contribution in [3.63, 3.8) is 0 Å². The Kier molecular flexibility index (Phi) is 10.9. The van der Waals surface area contributed by atoms with Gasteiger partial charge in [-0.2, -0.15) is 0 Å². The second kappa shape index (κ2) is 11.5. The molecule has 124 valence electrons. The Hall–Kier alpha value is -1.10. The summed E-state index contributed by atoms with van der Waals surface area (Å²) in [6, 6.07) is 0. The molecule has 0 fully saturated rings. The minimum absolute atomic E-state index is 0.110. The van der Waals surface area contributed by atoms with E-state index in [-0.39, 0.29) is 11.9 Å². The summed E-state index contributed by atoms with van der Waals surface area (Å²) in [5, 5.41) is 2.90. The number of hydrogen-bond acceptors (Lipinski definition) is 4. The average molecular weight is 300 g/mol. The molecule has 0 unspecified atom stereocenters. The predicted molar refractivity (Wildman–Crippen MR) is 84.8 cm³/mol. The molecule has 21 heavy (non-hydrogen) atoms. The molecule has 0 atom stereocenters. The van der Waals surface area contributed by atoms with Crippen LogP contribution in [0.15, 0.2) is 0 Å². The van der Waals surface area contributed by atoms with Crippen LogP contribution in [0.4, 0.5) is 0 Å². The fourth-order valence-corrected chi connectivity index (χ4v) is 1.89. The minimum Gasteiger partial charge on any atom is -0.460 e. The van der Waals surface area contributed by atoms with E-state index in [1.807, 2.05) is 20.8 Å². The van der Waals surface area contributed by atoms with Crippen LogP contribution in [0.1, 0.15) is 72.1 Å².